The van der Waals surface area contributed by atoms with Crippen LogP contribution < -0.4 is 0 Å². The zero-order chi connectivity index (χ0) is 7.56. The van der Waals surface area contributed by atoms with E-state index in [0.29, 0.717) is 4.74 Å². The summed E-state index contributed by atoms with van der Waals surface area (Å²) in [6, 6.07) is 1.78. The Morgan fingerprint density at radius 3 is 2.60 bits per heavy atom. The van der Waals surface area contributed by atoms with E-state index >= 15 is 0 Å². The van der Waals surface area contributed by atoms with Crippen LogP contribution in [0.1, 0.15) is 0 Å². The van der Waals surface area contributed by atoms with Crippen LogP contribution in [-0.2, 0) is 0 Å². The predicted molar refractivity (Wildman–Crippen MR) is 40.6 cm³/mol. The minimum absolute atomic E-state index is 0.127. The summed E-state index contributed by atoms with van der Waals surface area (Å²) in [4.78, 5) is 7.35. The van der Waals surface area contributed by atoms with Crippen LogP contribution in [0, 0.1) is 16.7 Å². The number of aliphatic imine (C=N–C) groups is 2. The average Bonchev–Trinajstić information content (AvgIpc) is 2.30. The van der Waals surface area contributed by atoms with E-state index in [0.717, 1.165) is 0 Å². The second kappa shape index (κ2) is 2.56. The lowest BCUT2D eigenvalue weighted by Gasteiger charge is -1.78. The Bertz CT molecular complexity index is 313. The summed E-state index contributed by atoms with van der Waals surface area (Å²) in [5.74, 6) is 1.99. The van der Waals surface area contributed by atoms with Crippen molar-refractivity contribution in [1.29, 1.82) is 10.7 Å². The Morgan fingerprint density at radius 2 is 2.20 bits per heavy atom. The van der Waals surface area contributed by atoms with Gasteiger partial charge in [0.15, 0.2) is 16.2 Å². The molecule has 0 aromatic rings. The van der Waals surface area contributed by atoms with Crippen LogP contribution in [0.15, 0.2) is 15.7 Å². The molecule has 1 aliphatic heterocycles. The topological polar surface area (TPSA) is 72.4 Å². The summed E-state index contributed by atoms with van der Waals surface area (Å²) in [6.45, 7) is 0. The molecule has 5 heteroatoms. The van der Waals surface area contributed by atoms with Gasteiger partial charge in [0.1, 0.15) is 6.07 Å². The molecule has 0 atom stereocenters. The number of halogens is 1. The number of amidine groups is 1. The molecule has 0 bridgehead atoms. The van der Waals surface area contributed by atoms with Gasteiger partial charge in [0.25, 0.3) is 0 Å². The highest BCUT2D eigenvalue weighted by atomic mass is 79.9. The highest BCUT2D eigenvalue weighted by molar-refractivity contribution is 9.18. The maximum Gasteiger partial charge on any atom is 0.199 e. The summed E-state index contributed by atoms with van der Waals surface area (Å²) in [7, 11) is 0. The highest BCUT2D eigenvalue weighted by Crippen LogP contribution is 2.09. The van der Waals surface area contributed by atoms with Crippen LogP contribution in [0.25, 0.3) is 0 Å². The van der Waals surface area contributed by atoms with Crippen molar-refractivity contribution in [2.75, 3.05) is 0 Å². The molecule has 1 rings (SSSR count). The van der Waals surface area contributed by atoms with Gasteiger partial charge in [-0.25, -0.2) is 9.98 Å². The van der Waals surface area contributed by atoms with Crippen LogP contribution in [0.4, 0.5) is 0 Å². The molecule has 1 heterocycles. The molecule has 1 aliphatic rings. The Kier molecular flexibility index (Phi) is 1.76. The van der Waals surface area contributed by atoms with Gasteiger partial charge in [0, 0.05) is 5.87 Å². The standard InChI is InChI=1S/C5HBrN4/c6-5-9-3(1-7)4(2-8)10-5/h7H. The van der Waals surface area contributed by atoms with Gasteiger partial charge in [-0.3, -0.25) is 5.41 Å². The lowest BCUT2D eigenvalue weighted by molar-refractivity contribution is 1.50. The number of nitrogens with zero attached hydrogens (tertiary/aromatic N) is 3. The molecule has 0 aromatic heterocycles. The Balaban J connectivity index is 3.16. The molecular formula is C5HBrN4. The monoisotopic (exact) mass is 196 g/mol. The second-order valence-electron chi connectivity index (χ2n) is 1.43. The molecule has 0 unspecified atom stereocenters. The molecule has 0 saturated heterocycles. The molecular weight excluding hydrogens is 196 g/mol. The van der Waals surface area contributed by atoms with Crippen LogP contribution in [0.5, 0.6) is 0 Å². The fourth-order valence-electron chi connectivity index (χ4n) is 0.481. The van der Waals surface area contributed by atoms with E-state index in [9.17, 15) is 0 Å². The van der Waals surface area contributed by atoms with E-state index in [1.165, 1.54) is 0 Å². The van der Waals surface area contributed by atoms with Crippen molar-refractivity contribution in [2.45, 2.75) is 0 Å². The minimum atomic E-state index is 0.127. The average molecular weight is 197 g/mol. The lowest BCUT2D eigenvalue weighted by atomic mass is 10.3. The first-order valence-electron chi connectivity index (χ1n) is 2.31. The van der Waals surface area contributed by atoms with Gasteiger partial charge >= 0.3 is 0 Å². The summed E-state index contributed by atoms with van der Waals surface area (Å²) < 4.78 is 0.318. The van der Waals surface area contributed by atoms with Gasteiger partial charge in [-0.2, -0.15) is 5.26 Å². The summed E-state index contributed by atoms with van der Waals surface area (Å²) >= 11 is 2.97. The molecule has 10 heavy (non-hydrogen) atoms. The molecule has 48 valence electrons. The lowest BCUT2D eigenvalue weighted by Crippen LogP contribution is -1.91. The van der Waals surface area contributed by atoms with E-state index in [1.807, 2.05) is 5.87 Å². The zero-order valence-electron chi connectivity index (χ0n) is 4.72. The molecule has 0 amide bonds. The predicted octanol–water partition coefficient (Wildman–Crippen LogP) is 0.848. The SMILES string of the molecule is N#CC1=NC(Br)=NC1=C=N. The van der Waals surface area contributed by atoms with Crippen LogP contribution in [0.2, 0.25) is 0 Å². The molecule has 0 fully saturated rings. The van der Waals surface area contributed by atoms with Crippen molar-refractivity contribution in [3.8, 4) is 6.07 Å². The first kappa shape index (κ1) is 6.87. The van der Waals surface area contributed by atoms with Gasteiger partial charge in [0.05, 0.1) is 0 Å². The maximum absolute atomic E-state index is 8.37. The summed E-state index contributed by atoms with van der Waals surface area (Å²) in [5, 5.41) is 15.0. The van der Waals surface area contributed by atoms with Gasteiger partial charge in [-0.15, -0.1) is 0 Å². The quantitative estimate of drug-likeness (QED) is 0.453. The van der Waals surface area contributed by atoms with Gasteiger partial charge in [0.2, 0.25) is 0 Å². The molecule has 0 aromatic carbocycles. The zero-order valence-corrected chi connectivity index (χ0v) is 6.31. The van der Waals surface area contributed by atoms with Crippen molar-refractivity contribution in [3.63, 3.8) is 0 Å². The number of allylic oxidation sites excluding steroid dienone is 1. The van der Waals surface area contributed by atoms with Crippen molar-refractivity contribution >= 4 is 32.3 Å². The first-order chi connectivity index (χ1) is 4.77. The molecule has 0 radical (unpaired) electrons. The van der Waals surface area contributed by atoms with Crippen LogP contribution >= 0.6 is 15.9 Å². The Hall–Kier alpha value is -1.24. The Morgan fingerprint density at radius 1 is 1.50 bits per heavy atom. The van der Waals surface area contributed by atoms with E-state index in [2.05, 4.69) is 25.9 Å². The first-order valence-corrected chi connectivity index (χ1v) is 3.10. The van der Waals surface area contributed by atoms with Crippen molar-refractivity contribution in [3.05, 3.63) is 5.70 Å². The third-order valence-electron chi connectivity index (χ3n) is 0.857. The molecule has 0 saturated carbocycles. The van der Waals surface area contributed by atoms with E-state index < -0.39 is 0 Å². The van der Waals surface area contributed by atoms with Gasteiger partial charge < -0.3 is 0 Å². The largest absolute Gasteiger partial charge is 0.257 e. The summed E-state index contributed by atoms with van der Waals surface area (Å²) in [6.07, 6.45) is 0. The van der Waals surface area contributed by atoms with Crippen LogP contribution in [0.3, 0.4) is 0 Å². The fraction of sp³-hybridized carbons (Fsp3) is 0. The molecule has 4 nitrogen and oxygen atoms in total. The molecule has 1 N–H and O–H groups in total. The van der Waals surface area contributed by atoms with Crippen molar-refractivity contribution < 1.29 is 0 Å². The third kappa shape index (κ3) is 1.03. The number of rotatable bonds is 0. The van der Waals surface area contributed by atoms with E-state index in [1.54, 1.807) is 6.07 Å². The number of hydrogen-bond donors (Lipinski definition) is 1. The van der Waals surface area contributed by atoms with Crippen LogP contribution in [-0.4, -0.2) is 16.3 Å². The minimum Gasteiger partial charge on any atom is -0.257 e. The smallest absolute Gasteiger partial charge is 0.199 e. The normalized spacial score (nSPS) is 15.4. The van der Waals surface area contributed by atoms with Crippen molar-refractivity contribution in [1.82, 2.24) is 0 Å². The van der Waals surface area contributed by atoms with Crippen molar-refractivity contribution in [2.24, 2.45) is 9.98 Å². The summed E-state index contributed by atoms with van der Waals surface area (Å²) in [5.41, 5.74) is 0.302. The molecule has 0 aliphatic carbocycles. The fourth-order valence-corrected chi connectivity index (χ4v) is 0.835. The third-order valence-corrected chi connectivity index (χ3v) is 1.21. The maximum atomic E-state index is 8.37. The number of nitriles is 1. The van der Waals surface area contributed by atoms with Gasteiger partial charge in [-0.1, -0.05) is 0 Å². The van der Waals surface area contributed by atoms with E-state index in [4.69, 9.17) is 10.7 Å². The van der Waals surface area contributed by atoms with Gasteiger partial charge in [-0.05, 0) is 15.9 Å². The number of hydrogen-bond acceptors (Lipinski definition) is 4. The highest BCUT2D eigenvalue weighted by Gasteiger charge is 2.13. The molecule has 0 spiro atoms. The van der Waals surface area contributed by atoms with E-state index in [-0.39, 0.29) is 11.4 Å². The Labute approximate surface area is 65.2 Å². The second-order valence-corrected chi connectivity index (χ2v) is 2.14. The number of nitrogens with one attached hydrogen (secondary N) is 1.